The highest BCUT2D eigenvalue weighted by atomic mass is 16.3. The monoisotopic (exact) mass is 291 g/mol. The van der Waals surface area contributed by atoms with E-state index in [9.17, 15) is 14.4 Å². The molecule has 1 aromatic heterocycles. The lowest BCUT2D eigenvalue weighted by atomic mass is 10.1. The van der Waals surface area contributed by atoms with E-state index in [2.05, 4.69) is 10.6 Å². The molecule has 2 N–H and O–H groups in total. The molecule has 1 aliphatic heterocycles. The largest absolute Gasteiger partial charge is 0.467 e. The Balaban J connectivity index is 1.55. The fourth-order valence-corrected chi connectivity index (χ4v) is 2.45. The van der Waals surface area contributed by atoms with Gasteiger partial charge < -0.3 is 14.6 Å². The minimum absolute atomic E-state index is 0.0113. The Bertz CT molecular complexity index is 551. The number of urea groups is 1. The molecule has 0 radical (unpaired) electrons. The zero-order chi connectivity index (χ0) is 14.8. The van der Waals surface area contributed by atoms with Crippen molar-refractivity contribution in [3.05, 3.63) is 24.2 Å². The van der Waals surface area contributed by atoms with Crippen LogP contribution in [0.1, 0.15) is 31.4 Å². The Kier molecular flexibility index (Phi) is 3.64. The van der Waals surface area contributed by atoms with Crippen LogP contribution >= 0.6 is 0 Å². The second-order valence-corrected chi connectivity index (χ2v) is 5.39. The van der Waals surface area contributed by atoms with Crippen LogP contribution in [0.3, 0.4) is 0 Å². The molecule has 1 aliphatic carbocycles. The third kappa shape index (κ3) is 3.24. The van der Waals surface area contributed by atoms with Gasteiger partial charge in [-0.2, -0.15) is 0 Å². The van der Waals surface area contributed by atoms with E-state index >= 15 is 0 Å². The number of carbonyl (C=O) groups excluding carboxylic acids is 3. The summed E-state index contributed by atoms with van der Waals surface area (Å²) in [4.78, 5) is 36.6. The van der Waals surface area contributed by atoms with E-state index in [1.165, 1.54) is 0 Å². The summed E-state index contributed by atoms with van der Waals surface area (Å²) in [6.07, 6.45) is 4.15. The lowest BCUT2D eigenvalue weighted by Gasteiger charge is -2.21. The molecule has 0 bridgehead atoms. The van der Waals surface area contributed by atoms with Crippen molar-refractivity contribution in [2.45, 2.75) is 44.3 Å². The smallest absolute Gasteiger partial charge is 0.322 e. The van der Waals surface area contributed by atoms with E-state index in [1.54, 1.807) is 17.2 Å². The summed E-state index contributed by atoms with van der Waals surface area (Å²) >= 11 is 0. The Morgan fingerprint density at radius 1 is 1.38 bits per heavy atom. The molecule has 4 amide bonds. The first-order chi connectivity index (χ1) is 10.1. The predicted molar refractivity (Wildman–Crippen MR) is 72.0 cm³/mol. The molecule has 1 saturated heterocycles. The average molecular weight is 291 g/mol. The Labute approximate surface area is 121 Å². The molecule has 1 aromatic rings. The van der Waals surface area contributed by atoms with E-state index in [0.717, 1.165) is 18.6 Å². The van der Waals surface area contributed by atoms with Gasteiger partial charge in [0.2, 0.25) is 5.91 Å². The highest BCUT2D eigenvalue weighted by Crippen LogP contribution is 2.29. The minimum atomic E-state index is -0.605. The van der Waals surface area contributed by atoms with Gasteiger partial charge >= 0.3 is 6.03 Å². The molecule has 7 heteroatoms. The number of imide groups is 1. The maximum atomic E-state index is 12.3. The van der Waals surface area contributed by atoms with Crippen LogP contribution in [-0.2, 0) is 16.1 Å². The third-order valence-corrected chi connectivity index (χ3v) is 3.72. The van der Waals surface area contributed by atoms with Gasteiger partial charge in [-0.1, -0.05) is 0 Å². The van der Waals surface area contributed by atoms with Crippen molar-refractivity contribution in [1.29, 1.82) is 0 Å². The van der Waals surface area contributed by atoms with Crippen molar-refractivity contribution in [3.63, 3.8) is 0 Å². The molecule has 1 unspecified atom stereocenters. The van der Waals surface area contributed by atoms with Gasteiger partial charge in [-0.3, -0.25) is 14.9 Å². The number of hydrogen-bond donors (Lipinski definition) is 2. The molecular formula is C14H17N3O4. The van der Waals surface area contributed by atoms with Crippen LogP contribution < -0.4 is 10.6 Å². The van der Waals surface area contributed by atoms with Crippen molar-refractivity contribution in [1.82, 2.24) is 15.5 Å². The number of rotatable bonds is 6. The van der Waals surface area contributed by atoms with E-state index in [-0.39, 0.29) is 24.3 Å². The quantitative estimate of drug-likeness (QED) is 0.757. The van der Waals surface area contributed by atoms with Gasteiger partial charge in [-0.05, 0) is 31.4 Å². The van der Waals surface area contributed by atoms with E-state index in [4.69, 9.17) is 4.42 Å². The molecule has 0 aromatic carbocycles. The number of furan rings is 1. The summed E-state index contributed by atoms with van der Waals surface area (Å²) in [5.74, 6) is 0.377. The zero-order valence-corrected chi connectivity index (χ0v) is 11.5. The molecule has 2 aliphatic rings. The minimum Gasteiger partial charge on any atom is -0.467 e. The van der Waals surface area contributed by atoms with E-state index in [0.29, 0.717) is 13.0 Å². The first-order valence-corrected chi connectivity index (χ1v) is 7.06. The summed E-state index contributed by atoms with van der Waals surface area (Å²) in [5, 5.41) is 4.66. The highest BCUT2D eigenvalue weighted by Gasteiger charge is 2.34. The molecule has 2 fully saturated rings. The van der Waals surface area contributed by atoms with Crippen LogP contribution in [0.2, 0.25) is 0 Å². The molecule has 112 valence electrons. The van der Waals surface area contributed by atoms with Crippen LogP contribution in [0.15, 0.2) is 22.8 Å². The van der Waals surface area contributed by atoms with Crippen LogP contribution in [-0.4, -0.2) is 34.8 Å². The number of carbonyl (C=O) groups is 3. The highest BCUT2D eigenvalue weighted by molar-refractivity contribution is 6.04. The van der Waals surface area contributed by atoms with Gasteiger partial charge in [0.15, 0.2) is 0 Å². The van der Waals surface area contributed by atoms with Crippen LogP contribution in [0.25, 0.3) is 0 Å². The number of nitrogens with one attached hydrogen (secondary N) is 2. The zero-order valence-electron chi connectivity index (χ0n) is 11.5. The van der Waals surface area contributed by atoms with Crippen molar-refractivity contribution in [2.24, 2.45) is 0 Å². The van der Waals surface area contributed by atoms with Crippen LogP contribution in [0.4, 0.5) is 4.79 Å². The molecular weight excluding hydrogens is 274 g/mol. The van der Waals surface area contributed by atoms with Gasteiger partial charge in [0.1, 0.15) is 11.8 Å². The van der Waals surface area contributed by atoms with Gasteiger partial charge in [0, 0.05) is 12.5 Å². The fraction of sp³-hybridized carbons (Fsp3) is 0.500. The molecule has 2 heterocycles. The van der Waals surface area contributed by atoms with Gasteiger partial charge in [0.05, 0.1) is 12.8 Å². The molecule has 0 spiro atoms. The first-order valence-electron chi connectivity index (χ1n) is 7.06. The molecule has 1 atom stereocenters. The maximum Gasteiger partial charge on any atom is 0.322 e. The van der Waals surface area contributed by atoms with Gasteiger partial charge in [0.25, 0.3) is 5.91 Å². The van der Waals surface area contributed by atoms with Crippen molar-refractivity contribution < 1.29 is 18.8 Å². The summed E-state index contributed by atoms with van der Waals surface area (Å²) in [6.45, 7) is 0.458. The lowest BCUT2D eigenvalue weighted by Crippen LogP contribution is -2.35. The summed E-state index contributed by atoms with van der Waals surface area (Å²) in [7, 11) is 0. The molecule has 3 rings (SSSR count). The van der Waals surface area contributed by atoms with E-state index in [1.807, 2.05) is 6.07 Å². The van der Waals surface area contributed by atoms with E-state index < -0.39 is 12.1 Å². The second kappa shape index (κ2) is 5.59. The van der Waals surface area contributed by atoms with Crippen molar-refractivity contribution >= 4 is 17.8 Å². The molecule has 7 nitrogen and oxygen atoms in total. The third-order valence-electron chi connectivity index (χ3n) is 3.72. The van der Waals surface area contributed by atoms with Gasteiger partial charge in [-0.15, -0.1) is 0 Å². The van der Waals surface area contributed by atoms with Gasteiger partial charge in [-0.25, -0.2) is 4.79 Å². The average Bonchev–Trinajstić information content (AvgIpc) is 3.06. The summed E-state index contributed by atoms with van der Waals surface area (Å²) < 4.78 is 5.29. The fourth-order valence-electron chi connectivity index (χ4n) is 2.45. The normalized spacial score (nSPS) is 21.0. The first kappa shape index (κ1) is 13.7. The maximum absolute atomic E-state index is 12.3. The SMILES string of the molecule is O=C1NC(=O)C(CCC(=O)N(Cc2ccco2)C2CC2)N1. The Morgan fingerprint density at radius 2 is 2.19 bits per heavy atom. The van der Waals surface area contributed by atoms with Crippen molar-refractivity contribution in [3.8, 4) is 0 Å². The molecule has 21 heavy (non-hydrogen) atoms. The number of nitrogens with zero attached hydrogens (tertiary/aromatic N) is 1. The van der Waals surface area contributed by atoms with Crippen LogP contribution in [0, 0.1) is 0 Å². The Morgan fingerprint density at radius 3 is 2.76 bits per heavy atom. The lowest BCUT2D eigenvalue weighted by molar-refractivity contribution is -0.133. The standard InChI is InChI=1S/C14H17N3O4/c18-12(6-5-11-13(19)16-14(20)15-11)17(9-3-4-9)8-10-2-1-7-21-10/h1-2,7,9,11H,3-6,8H2,(H2,15,16,19,20). The summed E-state index contributed by atoms with van der Waals surface area (Å²) in [6, 6.07) is 2.81. The second-order valence-electron chi connectivity index (χ2n) is 5.39. The van der Waals surface area contributed by atoms with Crippen molar-refractivity contribution in [2.75, 3.05) is 0 Å². The predicted octanol–water partition coefficient (Wildman–Crippen LogP) is 0.759. The molecule has 1 saturated carbocycles. The Hall–Kier alpha value is -2.31. The number of hydrogen-bond acceptors (Lipinski definition) is 4. The van der Waals surface area contributed by atoms with Crippen LogP contribution in [0.5, 0.6) is 0 Å². The summed E-state index contributed by atoms with van der Waals surface area (Å²) in [5.41, 5.74) is 0. The topological polar surface area (TPSA) is 91.7 Å². The number of amides is 4.